The van der Waals surface area contributed by atoms with Gasteiger partial charge in [-0.25, -0.2) is 0 Å². The van der Waals surface area contributed by atoms with Gasteiger partial charge in [0, 0.05) is 17.1 Å². The summed E-state index contributed by atoms with van der Waals surface area (Å²) in [6.07, 6.45) is 0. The van der Waals surface area contributed by atoms with Gasteiger partial charge in [0.25, 0.3) is 0 Å². The molecule has 3 aromatic rings. The standard InChI is InChI=1S/C18H15N/c1-4-10-16(11-5-1)19(17-12-6-2-7-13-17)18-14-8-3-9-15-18/h1-15H/i1D,4D,5D,10D,11D. The summed E-state index contributed by atoms with van der Waals surface area (Å²) in [6, 6.07) is 17.0. The number of anilines is 3. The summed E-state index contributed by atoms with van der Waals surface area (Å²) in [5.41, 5.74) is 1.59. The van der Waals surface area contributed by atoms with Gasteiger partial charge >= 0.3 is 0 Å². The van der Waals surface area contributed by atoms with Crippen LogP contribution in [-0.4, -0.2) is 0 Å². The van der Waals surface area contributed by atoms with Crippen LogP contribution in [0, 0.1) is 0 Å². The first-order valence-corrected chi connectivity index (χ1v) is 5.99. The summed E-state index contributed by atoms with van der Waals surface area (Å²) in [7, 11) is 0. The van der Waals surface area contributed by atoms with Crippen LogP contribution in [0.4, 0.5) is 17.1 Å². The lowest BCUT2D eigenvalue weighted by atomic mass is 10.2. The van der Waals surface area contributed by atoms with Crippen molar-refractivity contribution in [3.8, 4) is 0 Å². The van der Waals surface area contributed by atoms with Crippen molar-refractivity contribution >= 4 is 17.1 Å². The van der Waals surface area contributed by atoms with E-state index in [1.807, 2.05) is 60.7 Å². The predicted octanol–water partition coefficient (Wildman–Crippen LogP) is 5.16. The van der Waals surface area contributed by atoms with Crippen molar-refractivity contribution in [3.05, 3.63) is 90.9 Å². The molecule has 0 radical (unpaired) electrons. The van der Waals surface area contributed by atoms with Crippen LogP contribution < -0.4 is 4.90 Å². The Morgan fingerprint density at radius 3 is 1.53 bits per heavy atom. The maximum atomic E-state index is 8.25. The molecule has 0 amide bonds. The van der Waals surface area contributed by atoms with Crippen molar-refractivity contribution in [3.63, 3.8) is 0 Å². The van der Waals surface area contributed by atoms with Crippen LogP contribution in [0.3, 0.4) is 0 Å². The molecule has 0 saturated heterocycles. The number of rotatable bonds is 3. The molecule has 3 aromatic carbocycles. The molecule has 0 atom stereocenters. The Labute approximate surface area is 120 Å². The topological polar surface area (TPSA) is 3.24 Å². The van der Waals surface area contributed by atoms with E-state index in [4.69, 9.17) is 6.85 Å². The lowest BCUT2D eigenvalue weighted by molar-refractivity contribution is 1.28. The molecule has 0 unspecified atom stereocenters. The lowest BCUT2D eigenvalue weighted by Gasteiger charge is -2.25. The van der Waals surface area contributed by atoms with E-state index in [1.165, 1.54) is 0 Å². The normalized spacial score (nSPS) is 13.8. The van der Waals surface area contributed by atoms with E-state index in [-0.39, 0.29) is 29.9 Å². The second kappa shape index (κ2) is 5.40. The molecule has 0 fully saturated rings. The fourth-order valence-electron chi connectivity index (χ4n) is 1.92. The molecule has 0 aliphatic rings. The third kappa shape index (κ3) is 2.50. The fourth-order valence-corrected chi connectivity index (χ4v) is 1.92. The molecule has 1 nitrogen and oxygen atoms in total. The van der Waals surface area contributed by atoms with Gasteiger partial charge < -0.3 is 4.90 Å². The van der Waals surface area contributed by atoms with Crippen LogP contribution in [0.1, 0.15) is 6.85 Å². The monoisotopic (exact) mass is 250 g/mol. The fraction of sp³-hybridized carbons (Fsp3) is 0. The number of nitrogens with zero attached hydrogens (tertiary/aromatic N) is 1. The van der Waals surface area contributed by atoms with Gasteiger partial charge in [-0.15, -0.1) is 0 Å². The smallest absolute Gasteiger partial charge is 0.0645 e. The van der Waals surface area contributed by atoms with Crippen LogP contribution >= 0.6 is 0 Å². The minimum atomic E-state index is -0.394. The molecule has 0 N–H and O–H groups in total. The predicted molar refractivity (Wildman–Crippen MR) is 81.1 cm³/mol. The average molecular weight is 250 g/mol. The van der Waals surface area contributed by atoms with Gasteiger partial charge in [-0.2, -0.15) is 0 Å². The van der Waals surface area contributed by atoms with Crippen molar-refractivity contribution in [2.75, 3.05) is 4.90 Å². The lowest BCUT2D eigenvalue weighted by Crippen LogP contribution is -2.09. The molecule has 19 heavy (non-hydrogen) atoms. The number of hydrogen-bond acceptors (Lipinski definition) is 1. The summed E-state index contributed by atoms with van der Waals surface area (Å²) in [5, 5.41) is 0. The molecule has 1 heteroatoms. The molecule has 3 rings (SSSR count). The van der Waals surface area contributed by atoms with E-state index >= 15 is 0 Å². The van der Waals surface area contributed by atoms with Crippen LogP contribution in [0.2, 0.25) is 0 Å². The van der Waals surface area contributed by atoms with Gasteiger partial charge in [-0.05, 0) is 36.4 Å². The molecule has 0 saturated carbocycles. The van der Waals surface area contributed by atoms with Gasteiger partial charge in [0.1, 0.15) is 0 Å². The molecular formula is C18H15N. The zero-order valence-electron chi connectivity index (χ0n) is 15.2. The Kier molecular flexibility index (Phi) is 2.03. The second-order valence-electron chi connectivity index (χ2n) is 3.98. The van der Waals surface area contributed by atoms with Gasteiger partial charge in [0.15, 0.2) is 0 Å². The van der Waals surface area contributed by atoms with Crippen LogP contribution in [0.5, 0.6) is 0 Å². The van der Waals surface area contributed by atoms with Crippen LogP contribution in [0.25, 0.3) is 0 Å². The Morgan fingerprint density at radius 1 is 0.579 bits per heavy atom. The Bertz CT molecular complexity index is 797. The highest BCUT2D eigenvalue weighted by atomic mass is 15.1. The highest BCUT2D eigenvalue weighted by Crippen LogP contribution is 2.33. The summed E-state index contributed by atoms with van der Waals surface area (Å²) in [6.45, 7) is 0. The van der Waals surface area contributed by atoms with Crippen molar-refractivity contribution < 1.29 is 6.85 Å². The van der Waals surface area contributed by atoms with Crippen molar-refractivity contribution in [2.24, 2.45) is 0 Å². The number of benzene rings is 3. The molecule has 0 aliphatic carbocycles. The first-order valence-electron chi connectivity index (χ1n) is 8.49. The SMILES string of the molecule is [2H]c1c([2H])c([2H])c(N(c2ccccc2)c2ccccc2)c([2H])c1[2H]. The molecule has 0 bridgehead atoms. The third-order valence-corrected chi connectivity index (χ3v) is 2.74. The van der Waals surface area contributed by atoms with E-state index in [0.29, 0.717) is 0 Å². The van der Waals surface area contributed by atoms with Gasteiger partial charge in [-0.1, -0.05) is 54.5 Å². The highest BCUT2D eigenvalue weighted by molar-refractivity contribution is 5.76. The third-order valence-electron chi connectivity index (χ3n) is 2.74. The summed E-state index contributed by atoms with van der Waals surface area (Å²) >= 11 is 0. The maximum absolute atomic E-state index is 8.25. The molecule has 0 aliphatic heterocycles. The van der Waals surface area contributed by atoms with Gasteiger partial charge in [-0.3, -0.25) is 0 Å². The van der Waals surface area contributed by atoms with Crippen LogP contribution in [-0.2, 0) is 0 Å². The minimum Gasteiger partial charge on any atom is -0.311 e. The number of hydrogen-bond donors (Lipinski definition) is 0. The summed E-state index contributed by atoms with van der Waals surface area (Å²) < 4.78 is 40.1. The maximum Gasteiger partial charge on any atom is 0.0645 e. The molecule has 0 aromatic heterocycles. The first-order chi connectivity index (χ1) is 11.5. The number of para-hydroxylation sites is 3. The Morgan fingerprint density at radius 2 is 1.05 bits per heavy atom. The first kappa shape index (κ1) is 7.15. The highest BCUT2D eigenvalue weighted by Gasteiger charge is 2.10. The summed E-state index contributed by atoms with van der Waals surface area (Å²) in [5.74, 6) is 0. The van der Waals surface area contributed by atoms with Gasteiger partial charge in [0.2, 0.25) is 0 Å². The molecule has 92 valence electrons. The van der Waals surface area contributed by atoms with E-state index in [1.54, 1.807) is 4.90 Å². The zero-order chi connectivity index (χ0) is 17.3. The van der Waals surface area contributed by atoms with Crippen molar-refractivity contribution in [1.82, 2.24) is 0 Å². The largest absolute Gasteiger partial charge is 0.311 e. The minimum absolute atomic E-state index is 0.137. The molecule has 0 heterocycles. The quantitative estimate of drug-likeness (QED) is 0.621. The zero-order valence-corrected chi connectivity index (χ0v) is 10.2. The van der Waals surface area contributed by atoms with Crippen LogP contribution in [0.15, 0.2) is 90.9 Å². The van der Waals surface area contributed by atoms with Crippen molar-refractivity contribution in [2.45, 2.75) is 0 Å². The van der Waals surface area contributed by atoms with Crippen molar-refractivity contribution in [1.29, 1.82) is 0 Å². The van der Waals surface area contributed by atoms with E-state index < -0.39 is 6.04 Å². The van der Waals surface area contributed by atoms with E-state index in [0.717, 1.165) is 11.4 Å². The molecule has 0 spiro atoms. The summed E-state index contributed by atoms with van der Waals surface area (Å²) in [4.78, 5) is 1.68. The second-order valence-corrected chi connectivity index (χ2v) is 3.98. The average Bonchev–Trinajstić information content (AvgIpc) is 2.63. The Balaban J connectivity index is 2.33. The molecular weight excluding hydrogens is 230 g/mol. The Hall–Kier alpha value is -2.54. The van der Waals surface area contributed by atoms with E-state index in [2.05, 4.69) is 0 Å². The van der Waals surface area contributed by atoms with Gasteiger partial charge in [0.05, 0.1) is 6.85 Å². The van der Waals surface area contributed by atoms with E-state index in [9.17, 15) is 0 Å².